The lowest BCUT2D eigenvalue weighted by molar-refractivity contribution is 0.0980. The van der Waals surface area contributed by atoms with Crippen LogP contribution in [0.4, 0.5) is 34.1 Å². The molecule has 1 fully saturated rings. The largest absolute Gasteiger partial charge is 0.397 e. The molecule has 3 aliphatic carbocycles. The van der Waals surface area contributed by atoms with Crippen LogP contribution in [0.25, 0.3) is 0 Å². The highest BCUT2D eigenvalue weighted by molar-refractivity contribution is 7.86. The maximum Gasteiger partial charge on any atom is 0.296 e. The minimum Gasteiger partial charge on any atom is -0.397 e. The number of carbonyl (C=O) groups excluding carboxylic acids is 4. The lowest BCUT2D eigenvalue weighted by Gasteiger charge is -2.39. The van der Waals surface area contributed by atoms with Crippen LogP contribution in [0.3, 0.4) is 0 Å². The van der Waals surface area contributed by atoms with Crippen molar-refractivity contribution >= 4 is 77.5 Å². The molecule has 3 aliphatic rings. The van der Waals surface area contributed by atoms with E-state index in [0.29, 0.717) is 11.4 Å². The highest BCUT2D eigenvalue weighted by Crippen LogP contribution is 2.47. The molecule has 8 N–H and O–H groups in total. The summed E-state index contributed by atoms with van der Waals surface area (Å²) in [6, 6.07) is 29.2. The second-order valence-corrected chi connectivity index (χ2v) is 18.4. The Labute approximate surface area is 355 Å². The predicted molar refractivity (Wildman–Crippen MR) is 231 cm³/mol. The van der Waals surface area contributed by atoms with Gasteiger partial charge in [-0.1, -0.05) is 92.1 Å². The third-order valence-corrected chi connectivity index (χ3v) is 13.9. The van der Waals surface area contributed by atoms with Gasteiger partial charge in [-0.3, -0.25) is 28.3 Å². The van der Waals surface area contributed by atoms with Gasteiger partial charge in [0.25, 0.3) is 20.2 Å². The van der Waals surface area contributed by atoms with Crippen molar-refractivity contribution < 1.29 is 45.1 Å². The molecule has 0 aliphatic heterocycles. The van der Waals surface area contributed by atoms with Crippen LogP contribution in [0.1, 0.15) is 107 Å². The number of anilines is 6. The number of hydrogen-bond donors (Lipinski definition) is 6. The Bertz CT molecular complexity index is 2990. The van der Waals surface area contributed by atoms with Crippen LogP contribution in [0.15, 0.2) is 119 Å². The number of nitrogens with two attached hydrogens (primary N) is 2. The van der Waals surface area contributed by atoms with Gasteiger partial charge < -0.3 is 22.1 Å². The Morgan fingerprint density at radius 1 is 0.468 bits per heavy atom. The van der Waals surface area contributed by atoms with Gasteiger partial charge in [0.2, 0.25) is 0 Å². The second-order valence-electron chi connectivity index (χ2n) is 15.6. The quantitative estimate of drug-likeness (QED) is 0.0634. The lowest BCUT2D eigenvalue weighted by atomic mass is 9.65. The fourth-order valence-electron chi connectivity index (χ4n) is 9.17. The number of ketones is 4. The first-order chi connectivity index (χ1) is 29.5. The van der Waals surface area contributed by atoms with E-state index in [1.165, 1.54) is 24.3 Å². The number of benzene rings is 6. The highest BCUT2D eigenvalue weighted by atomic mass is 32.2. The highest BCUT2D eigenvalue weighted by Gasteiger charge is 2.39. The van der Waals surface area contributed by atoms with E-state index in [2.05, 4.69) is 10.6 Å². The molecule has 0 saturated heterocycles. The average molecular weight is 869 g/mol. The van der Waals surface area contributed by atoms with Gasteiger partial charge in [-0.15, -0.1) is 0 Å². The van der Waals surface area contributed by atoms with Gasteiger partial charge in [0.05, 0.1) is 45.0 Å². The predicted octanol–water partition coefficient (Wildman–Crippen LogP) is 7.63. The number of hydrogen-bond acceptors (Lipinski definition) is 12. The normalized spacial score (nSPS) is 15.6. The summed E-state index contributed by atoms with van der Waals surface area (Å²) in [6.07, 6.45) is 4.49. The molecule has 0 bridgehead atoms. The van der Waals surface area contributed by atoms with Crippen LogP contribution in [0.5, 0.6) is 0 Å². The van der Waals surface area contributed by atoms with Crippen LogP contribution in [0.2, 0.25) is 0 Å². The van der Waals surface area contributed by atoms with E-state index in [0.717, 1.165) is 55.4 Å². The van der Waals surface area contributed by atoms with Crippen molar-refractivity contribution in [1.29, 1.82) is 0 Å². The molecule has 16 heteroatoms. The SMILES string of the molecule is Nc1c(S(=O)(=O)O)cc(Nc2ccc(C3(c4ccc(Nc5cc(S(=O)(=O)O)c(N)c6c5C(=O)c5ccccc5C6=O)cc4)CCCCC3)cc2)c2c1C(=O)c1ccccc1C2=O. The molecule has 0 radical (unpaired) electrons. The van der Waals surface area contributed by atoms with Gasteiger partial charge in [-0.05, 0) is 60.4 Å². The average Bonchev–Trinajstić information content (AvgIpc) is 3.25. The zero-order chi connectivity index (χ0) is 43.9. The second kappa shape index (κ2) is 14.6. The van der Waals surface area contributed by atoms with E-state index in [9.17, 15) is 45.1 Å². The fourth-order valence-corrected chi connectivity index (χ4v) is 10.5. The molecule has 0 amide bonds. The summed E-state index contributed by atoms with van der Waals surface area (Å²) in [5, 5.41) is 6.20. The molecule has 62 heavy (non-hydrogen) atoms. The van der Waals surface area contributed by atoms with Crippen molar-refractivity contribution in [2.24, 2.45) is 0 Å². The van der Waals surface area contributed by atoms with Gasteiger partial charge in [-0.2, -0.15) is 16.8 Å². The first-order valence-electron chi connectivity index (χ1n) is 19.5. The van der Waals surface area contributed by atoms with Crippen molar-refractivity contribution in [2.45, 2.75) is 47.3 Å². The molecule has 9 rings (SSSR count). The zero-order valence-corrected chi connectivity index (χ0v) is 34.2. The van der Waals surface area contributed by atoms with Crippen molar-refractivity contribution in [1.82, 2.24) is 0 Å². The van der Waals surface area contributed by atoms with Crippen LogP contribution in [-0.4, -0.2) is 49.1 Å². The monoisotopic (exact) mass is 868 g/mol. The van der Waals surface area contributed by atoms with Crippen molar-refractivity contribution in [3.05, 3.63) is 165 Å². The van der Waals surface area contributed by atoms with Gasteiger partial charge in [0.15, 0.2) is 23.1 Å². The van der Waals surface area contributed by atoms with Gasteiger partial charge >= 0.3 is 0 Å². The van der Waals surface area contributed by atoms with Crippen LogP contribution in [-0.2, 0) is 25.7 Å². The van der Waals surface area contributed by atoms with E-state index in [1.54, 1.807) is 48.5 Å². The number of nitrogen functional groups attached to an aromatic ring is 2. The van der Waals surface area contributed by atoms with Gasteiger partial charge in [0.1, 0.15) is 9.79 Å². The topological polar surface area (TPSA) is 253 Å². The number of nitrogens with one attached hydrogen (secondary N) is 2. The third kappa shape index (κ3) is 6.46. The Hall–Kier alpha value is -6.98. The lowest BCUT2D eigenvalue weighted by Crippen LogP contribution is -2.30. The van der Waals surface area contributed by atoms with E-state index >= 15 is 0 Å². The summed E-state index contributed by atoms with van der Waals surface area (Å²) >= 11 is 0. The maximum atomic E-state index is 13.8. The minimum absolute atomic E-state index is 0.0285. The first kappa shape index (κ1) is 40.4. The zero-order valence-electron chi connectivity index (χ0n) is 32.6. The Morgan fingerprint density at radius 3 is 1.11 bits per heavy atom. The van der Waals surface area contributed by atoms with Crippen molar-refractivity contribution in [3.8, 4) is 0 Å². The Balaban J connectivity index is 1.06. The summed E-state index contributed by atoms with van der Waals surface area (Å²) < 4.78 is 69.9. The standard InChI is InChI=1S/C46H36N4O10S2/c47-40-34(61(55,56)57)22-32(36-38(40)44(53)30-10-4-2-8-28(30)42(36)51)49-26-16-12-24(13-17-26)46(20-6-1-7-21-46)25-14-18-27(19-15-25)50-33-23-35(62(58,59)60)41(48)39-37(33)43(52)29-9-3-5-11-31(29)45(39)54/h2-5,8-19,22-23,49-50H,1,6-7,20-21,47-48H2,(H,55,56,57)(H,58,59,60). The van der Waals surface area contributed by atoms with Gasteiger partial charge in [0, 0.05) is 39.0 Å². The summed E-state index contributed by atoms with van der Waals surface area (Å²) in [5.41, 5.74) is 13.1. The Kier molecular flexibility index (Phi) is 9.51. The van der Waals surface area contributed by atoms with Gasteiger partial charge in [-0.25, -0.2) is 0 Å². The molecule has 14 nitrogen and oxygen atoms in total. The van der Waals surface area contributed by atoms with E-state index in [1.807, 2.05) is 24.3 Å². The molecule has 0 heterocycles. The van der Waals surface area contributed by atoms with Crippen LogP contribution >= 0.6 is 0 Å². The molecule has 6 aromatic rings. The number of fused-ring (bicyclic) bond motifs is 4. The Morgan fingerprint density at radius 2 is 0.790 bits per heavy atom. The molecular formula is C46H36N4O10S2. The summed E-state index contributed by atoms with van der Waals surface area (Å²) in [6.45, 7) is 0. The van der Waals surface area contributed by atoms with Crippen molar-refractivity contribution in [3.63, 3.8) is 0 Å². The molecule has 0 aromatic heterocycles. The molecule has 0 spiro atoms. The molecule has 0 unspecified atom stereocenters. The first-order valence-corrected chi connectivity index (χ1v) is 22.4. The molecular weight excluding hydrogens is 833 g/mol. The van der Waals surface area contributed by atoms with Crippen LogP contribution < -0.4 is 22.1 Å². The third-order valence-electron chi connectivity index (χ3n) is 12.1. The number of carbonyl (C=O) groups is 4. The summed E-state index contributed by atoms with van der Waals surface area (Å²) in [5.74, 6) is -2.38. The number of rotatable bonds is 8. The summed E-state index contributed by atoms with van der Waals surface area (Å²) in [7, 11) is -9.82. The molecule has 6 aromatic carbocycles. The minimum atomic E-state index is -4.91. The van der Waals surface area contributed by atoms with E-state index < -0.39 is 69.9 Å². The smallest absolute Gasteiger partial charge is 0.296 e. The molecule has 1 saturated carbocycles. The maximum absolute atomic E-state index is 13.8. The van der Waals surface area contributed by atoms with Crippen molar-refractivity contribution in [2.75, 3.05) is 22.1 Å². The fraction of sp³-hybridized carbons (Fsp3) is 0.130. The van der Waals surface area contributed by atoms with E-state index in [4.69, 9.17) is 11.5 Å². The summed E-state index contributed by atoms with van der Waals surface area (Å²) in [4.78, 5) is 53.5. The molecule has 312 valence electrons. The van der Waals surface area contributed by atoms with Crippen LogP contribution in [0, 0.1) is 0 Å². The molecule has 0 atom stereocenters. The van der Waals surface area contributed by atoms with E-state index in [-0.39, 0.29) is 55.9 Å².